The summed E-state index contributed by atoms with van der Waals surface area (Å²) in [4.78, 5) is 26.8. The molecule has 4 heterocycles. The number of hydrogen-bond acceptors (Lipinski definition) is 8. The Morgan fingerprint density at radius 1 is 1.32 bits per heavy atom. The molecule has 13 heteroatoms. The van der Waals surface area contributed by atoms with E-state index >= 15 is 0 Å². The number of aromatic nitrogens is 4. The van der Waals surface area contributed by atoms with Crippen LogP contribution < -0.4 is 5.32 Å². The largest absolute Gasteiger partial charge is 0.504 e. The van der Waals surface area contributed by atoms with E-state index in [9.17, 15) is 19.8 Å². The number of phenols is 2. The number of carbonyl (C=O) groups is 2. The molecule has 0 aliphatic carbocycles. The first kappa shape index (κ1) is 22.9. The molecule has 1 aromatic heterocycles. The van der Waals surface area contributed by atoms with Gasteiger partial charge in [-0.05, 0) is 22.6 Å². The first-order chi connectivity index (χ1) is 16.4. The number of H-pyrrole nitrogens is 1. The average Bonchev–Trinajstić information content (AvgIpc) is 3.50. The molecule has 4 N–H and O–H groups in total. The lowest BCUT2D eigenvalue weighted by molar-refractivity contribution is -0.911. The van der Waals surface area contributed by atoms with Crippen molar-refractivity contribution in [3.63, 3.8) is 0 Å². The number of carbonyl (C=O) groups excluding carboxylic acids is 2. The smallest absolute Gasteiger partial charge is 0.251 e. The van der Waals surface area contributed by atoms with Crippen LogP contribution in [-0.4, -0.2) is 95.9 Å². The van der Waals surface area contributed by atoms with Crippen LogP contribution in [0.15, 0.2) is 17.7 Å². The molecule has 2 saturated heterocycles. The Morgan fingerprint density at radius 2 is 2.12 bits per heavy atom. The summed E-state index contributed by atoms with van der Waals surface area (Å²) in [5.41, 5.74) is 2.12. The molecular weight excluding hydrogens is 482 g/mol. The number of nitrogens with one attached hydrogen (secondary N) is 2. The van der Waals surface area contributed by atoms with Crippen molar-refractivity contribution in [2.75, 3.05) is 38.5 Å². The third-order valence-corrected chi connectivity index (χ3v) is 8.29. The van der Waals surface area contributed by atoms with Gasteiger partial charge in [-0.2, -0.15) is 0 Å². The SMILES string of the molecule is O=C(NCC[N+]1(CC2=C(c3nnn[nH]3)N3C(=O)C[C@H]3SC2)CCCC1)c1cc(O)c(O)c(Cl)c1. The summed E-state index contributed by atoms with van der Waals surface area (Å²) >= 11 is 7.65. The van der Waals surface area contributed by atoms with E-state index in [-0.39, 0.29) is 27.8 Å². The van der Waals surface area contributed by atoms with E-state index in [0.717, 1.165) is 60.5 Å². The average molecular weight is 507 g/mol. The third-order valence-electron chi connectivity index (χ3n) is 6.72. The lowest BCUT2D eigenvalue weighted by Gasteiger charge is -2.46. The summed E-state index contributed by atoms with van der Waals surface area (Å²) in [6, 6.07) is 2.52. The highest BCUT2D eigenvalue weighted by Gasteiger charge is 2.46. The highest BCUT2D eigenvalue weighted by Crippen LogP contribution is 2.43. The van der Waals surface area contributed by atoms with Crippen LogP contribution in [0.1, 0.15) is 35.4 Å². The zero-order chi connectivity index (χ0) is 23.9. The quantitative estimate of drug-likeness (QED) is 0.250. The molecule has 2 amide bonds. The number of tetrazole rings is 1. The predicted molar refractivity (Wildman–Crippen MR) is 125 cm³/mol. The van der Waals surface area contributed by atoms with E-state index in [1.807, 2.05) is 0 Å². The van der Waals surface area contributed by atoms with Crippen molar-refractivity contribution in [1.82, 2.24) is 30.8 Å². The standard InChI is InChI=1S/C21H24ClN7O4S/c22-14-7-12(8-15(30)19(14)32)21(33)23-3-6-29(4-1-2-5-29)10-13-11-34-17-9-16(31)28(17)18(13)20-24-26-27-25-20/h7-8,17H,1-6,9-11H2,(H3-,23,24,25,26,27,30,32,33)/p+1/t17-/m1/s1. The summed E-state index contributed by atoms with van der Waals surface area (Å²) in [5, 5.41) is 36.6. The molecule has 0 saturated carbocycles. The zero-order valence-corrected chi connectivity index (χ0v) is 19.9. The van der Waals surface area contributed by atoms with Gasteiger partial charge in [0.05, 0.1) is 48.7 Å². The maximum absolute atomic E-state index is 12.6. The number of thioether (sulfide) groups is 1. The van der Waals surface area contributed by atoms with Crippen LogP contribution >= 0.6 is 23.4 Å². The first-order valence-corrected chi connectivity index (χ1v) is 12.5. The second kappa shape index (κ2) is 9.08. The van der Waals surface area contributed by atoms with Crippen LogP contribution in [0.4, 0.5) is 0 Å². The monoisotopic (exact) mass is 506 g/mol. The minimum Gasteiger partial charge on any atom is -0.504 e. The summed E-state index contributed by atoms with van der Waals surface area (Å²) in [6.07, 6.45) is 2.73. The van der Waals surface area contributed by atoms with Crippen LogP contribution in [0.2, 0.25) is 5.02 Å². The molecular formula is C21H25ClN7O4S+. The number of likely N-dealkylation sites (tertiary alicyclic amines) is 1. The van der Waals surface area contributed by atoms with Crippen LogP contribution in [0.3, 0.4) is 0 Å². The molecule has 2 aromatic rings. The molecule has 0 unspecified atom stereocenters. The number of fused-ring (bicyclic) bond motifs is 1. The number of amides is 2. The normalized spacial score (nSPS) is 21.4. The number of phenolic OH excluding ortho intramolecular Hbond substituents is 2. The Morgan fingerprint density at radius 3 is 2.79 bits per heavy atom. The van der Waals surface area contributed by atoms with Gasteiger partial charge >= 0.3 is 0 Å². The van der Waals surface area contributed by atoms with E-state index < -0.39 is 11.5 Å². The number of halogens is 1. The summed E-state index contributed by atoms with van der Waals surface area (Å²) in [5.74, 6) is 0.154. The fraction of sp³-hybridized carbons (Fsp3) is 0.476. The highest BCUT2D eigenvalue weighted by atomic mass is 35.5. The summed E-state index contributed by atoms with van der Waals surface area (Å²) in [6.45, 7) is 3.87. The van der Waals surface area contributed by atoms with Crippen LogP contribution in [0, 0.1) is 0 Å². The van der Waals surface area contributed by atoms with Gasteiger partial charge in [0, 0.05) is 29.7 Å². The minimum absolute atomic E-state index is 0.0804. The Labute approximate surface area is 204 Å². The molecule has 1 atom stereocenters. The molecule has 180 valence electrons. The minimum atomic E-state index is -0.445. The number of hydrogen-bond donors (Lipinski definition) is 4. The second-order valence-corrected chi connectivity index (χ2v) is 10.5. The topological polar surface area (TPSA) is 144 Å². The zero-order valence-electron chi connectivity index (χ0n) is 18.3. The maximum Gasteiger partial charge on any atom is 0.251 e. The predicted octanol–water partition coefficient (Wildman–Crippen LogP) is 1.32. The Bertz CT molecular complexity index is 1130. The van der Waals surface area contributed by atoms with Gasteiger partial charge in [-0.3, -0.25) is 14.5 Å². The number of β-lactam (4-membered cyclic amide) rings is 1. The lowest BCUT2D eigenvalue weighted by Crippen LogP contribution is -2.55. The van der Waals surface area contributed by atoms with Crippen molar-refractivity contribution in [2.24, 2.45) is 0 Å². The summed E-state index contributed by atoms with van der Waals surface area (Å²) < 4.78 is 0.801. The Balaban J connectivity index is 1.32. The second-order valence-electron chi connectivity index (χ2n) is 8.89. The van der Waals surface area contributed by atoms with Gasteiger partial charge in [0.2, 0.25) is 5.91 Å². The van der Waals surface area contributed by atoms with E-state index in [2.05, 4.69) is 25.9 Å². The van der Waals surface area contributed by atoms with Crippen LogP contribution in [-0.2, 0) is 4.79 Å². The van der Waals surface area contributed by atoms with Gasteiger partial charge in [-0.15, -0.1) is 16.9 Å². The number of quaternary nitrogens is 1. The first-order valence-electron chi connectivity index (χ1n) is 11.1. The molecule has 0 radical (unpaired) electrons. The third kappa shape index (κ3) is 4.21. The van der Waals surface area contributed by atoms with Crippen molar-refractivity contribution in [3.05, 3.63) is 34.1 Å². The molecule has 5 rings (SSSR count). The van der Waals surface area contributed by atoms with Gasteiger partial charge in [0.1, 0.15) is 6.54 Å². The van der Waals surface area contributed by atoms with E-state index in [0.29, 0.717) is 18.8 Å². The Hall–Kier alpha value is -2.83. The fourth-order valence-electron chi connectivity index (χ4n) is 4.98. The van der Waals surface area contributed by atoms with Gasteiger partial charge in [0.15, 0.2) is 17.3 Å². The van der Waals surface area contributed by atoms with Gasteiger partial charge in [-0.25, -0.2) is 5.10 Å². The molecule has 3 aliphatic rings. The van der Waals surface area contributed by atoms with Crippen molar-refractivity contribution in [1.29, 1.82) is 0 Å². The fourth-order valence-corrected chi connectivity index (χ4v) is 6.45. The van der Waals surface area contributed by atoms with Crippen LogP contribution in [0.25, 0.3) is 5.70 Å². The van der Waals surface area contributed by atoms with Crippen LogP contribution in [0.5, 0.6) is 11.5 Å². The number of benzene rings is 1. The Kier molecular flexibility index (Phi) is 6.13. The van der Waals surface area contributed by atoms with Crippen molar-refractivity contribution >= 4 is 40.9 Å². The van der Waals surface area contributed by atoms with Gasteiger partial charge < -0.3 is 20.0 Å². The number of aromatic hydroxyl groups is 2. The molecule has 0 bridgehead atoms. The van der Waals surface area contributed by atoms with E-state index in [1.165, 1.54) is 12.1 Å². The highest BCUT2D eigenvalue weighted by molar-refractivity contribution is 8.00. The lowest BCUT2D eigenvalue weighted by atomic mass is 10.1. The molecule has 0 spiro atoms. The van der Waals surface area contributed by atoms with Gasteiger partial charge in [0.25, 0.3) is 5.91 Å². The van der Waals surface area contributed by atoms with Gasteiger partial charge in [-0.1, -0.05) is 11.6 Å². The summed E-state index contributed by atoms with van der Waals surface area (Å²) in [7, 11) is 0. The van der Waals surface area contributed by atoms with E-state index in [1.54, 1.807) is 16.7 Å². The maximum atomic E-state index is 12.6. The van der Waals surface area contributed by atoms with Crippen molar-refractivity contribution < 1.29 is 24.3 Å². The van der Waals surface area contributed by atoms with Crippen molar-refractivity contribution in [3.8, 4) is 11.5 Å². The number of rotatable bonds is 7. The van der Waals surface area contributed by atoms with Crippen molar-refractivity contribution in [2.45, 2.75) is 24.6 Å². The molecule has 1 aromatic carbocycles. The van der Waals surface area contributed by atoms with E-state index in [4.69, 9.17) is 11.6 Å². The molecule has 3 aliphatic heterocycles. The molecule has 2 fully saturated rings. The molecule has 11 nitrogen and oxygen atoms in total. The number of aromatic amines is 1. The molecule has 34 heavy (non-hydrogen) atoms. The number of nitrogens with zero attached hydrogens (tertiary/aromatic N) is 5.